The van der Waals surface area contributed by atoms with Gasteiger partial charge in [-0.3, -0.25) is 0 Å². The summed E-state index contributed by atoms with van der Waals surface area (Å²) >= 11 is 0. The average molecular weight is 408 g/mol. The summed E-state index contributed by atoms with van der Waals surface area (Å²) in [6.45, 7) is 8.74. The monoisotopic (exact) mass is 407 g/mol. The summed E-state index contributed by atoms with van der Waals surface area (Å²) < 4.78 is 10.6. The van der Waals surface area contributed by atoms with E-state index >= 15 is 0 Å². The van der Waals surface area contributed by atoms with Crippen LogP contribution in [0.3, 0.4) is 0 Å². The first-order valence-electron chi connectivity index (χ1n) is 10.4. The highest BCUT2D eigenvalue weighted by Gasteiger charge is 2.44. The number of hydrogen-bond acceptors (Lipinski definition) is 5. The molecule has 3 N–H and O–H groups in total. The van der Waals surface area contributed by atoms with E-state index < -0.39 is 23.8 Å². The number of carboxylic acid groups (broad SMARTS) is 1. The molecule has 0 bridgehead atoms. The van der Waals surface area contributed by atoms with E-state index in [2.05, 4.69) is 32.9 Å². The van der Waals surface area contributed by atoms with Gasteiger partial charge in [-0.2, -0.15) is 0 Å². The molecule has 29 heavy (non-hydrogen) atoms. The van der Waals surface area contributed by atoms with E-state index in [0.717, 1.165) is 44.1 Å². The molecule has 2 atom stereocenters. The molecule has 1 rings (SSSR count). The number of carbonyl (C=O) groups excluding carboxylic acids is 1. The van der Waals surface area contributed by atoms with Crippen LogP contribution in [0.1, 0.15) is 79.1 Å². The lowest BCUT2D eigenvalue weighted by Gasteiger charge is -2.27. The molecule has 1 aliphatic rings. The summed E-state index contributed by atoms with van der Waals surface area (Å²) in [6, 6.07) is 0. The van der Waals surface area contributed by atoms with Gasteiger partial charge in [0.1, 0.15) is 0 Å². The minimum Gasteiger partial charge on any atom is -0.479 e. The number of hydrogen-bond donors (Lipinski definition) is 2. The zero-order valence-corrected chi connectivity index (χ0v) is 18.3. The van der Waals surface area contributed by atoms with Gasteiger partial charge in [-0.15, -0.1) is 0 Å². The number of ether oxygens (including phenoxy) is 2. The fourth-order valence-corrected chi connectivity index (χ4v) is 2.96. The molecule has 0 saturated carbocycles. The van der Waals surface area contributed by atoms with Gasteiger partial charge < -0.3 is 20.3 Å². The first-order chi connectivity index (χ1) is 13.6. The van der Waals surface area contributed by atoms with Crippen molar-refractivity contribution < 1.29 is 24.2 Å². The smallest absolute Gasteiger partial charge is 0.340 e. The van der Waals surface area contributed by atoms with E-state index in [4.69, 9.17) is 15.2 Å². The molecule has 0 aromatic rings. The average Bonchev–Trinajstić information content (AvgIpc) is 2.66. The molecule has 1 aliphatic heterocycles. The molecule has 0 radical (unpaired) electrons. The molecule has 0 aromatic carbocycles. The maximum absolute atomic E-state index is 12.4. The number of allylic oxidation sites excluding steroid dienone is 5. The van der Waals surface area contributed by atoms with Crippen molar-refractivity contribution in [1.29, 1.82) is 0 Å². The number of rotatable bonds is 11. The third-order valence-corrected chi connectivity index (χ3v) is 5.02. The molecular weight excluding hydrogens is 370 g/mol. The summed E-state index contributed by atoms with van der Waals surface area (Å²) in [4.78, 5) is 24.0. The van der Waals surface area contributed by atoms with E-state index in [0.29, 0.717) is 13.0 Å². The Hall–Kier alpha value is -1.92. The molecular formula is C23H37NO5. The molecule has 6 heteroatoms. The van der Waals surface area contributed by atoms with E-state index in [1.165, 1.54) is 11.1 Å². The highest BCUT2D eigenvalue weighted by molar-refractivity contribution is 6.04. The Morgan fingerprint density at radius 2 is 1.69 bits per heavy atom. The Kier molecular flexibility index (Phi) is 10.9. The van der Waals surface area contributed by atoms with Crippen molar-refractivity contribution in [2.75, 3.05) is 6.61 Å². The van der Waals surface area contributed by atoms with E-state index in [1.807, 2.05) is 6.92 Å². The van der Waals surface area contributed by atoms with Crippen LogP contribution < -0.4 is 5.73 Å². The first kappa shape index (κ1) is 25.1. The van der Waals surface area contributed by atoms with Crippen molar-refractivity contribution in [3.05, 3.63) is 34.9 Å². The van der Waals surface area contributed by atoms with Gasteiger partial charge in [0, 0.05) is 12.8 Å². The van der Waals surface area contributed by atoms with Gasteiger partial charge in [-0.25, -0.2) is 9.59 Å². The van der Waals surface area contributed by atoms with E-state index in [1.54, 1.807) is 6.08 Å². The SMILES string of the molecule is CC(C)=CCCC(C)=CCCC(C)=CCC(N)(C(=O)O)C(=O)OC1CCCCO1. The maximum atomic E-state index is 12.4. The van der Waals surface area contributed by atoms with Crippen molar-refractivity contribution in [2.45, 2.75) is 90.9 Å². The minimum absolute atomic E-state index is 0.108. The first-order valence-corrected chi connectivity index (χ1v) is 10.4. The van der Waals surface area contributed by atoms with Crippen LogP contribution in [0.4, 0.5) is 0 Å². The number of nitrogens with two attached hydrogens (primary N) is 1. The van der Waals surface area contributed by atoms with Crippen LogP contribution >= 0.6 is 0 Å². The van der Waals surface area contributed by atoms with Crippen LogP contribution in [0.2, 0.25) is 0 Å². The quantitative estimate of drug-likeness (QED) is 0.294. The van der Waals surface area contributed by atoms with Gasteiger partial charge in [-0.05, 0) is 66.2 Å². The lowest BCUT2D eigenvalue weighted by molar-refractivity contribution is -0.194. The highest BCUT2D eigenvalue weighted by Crippen LogP contribution is 2.20. The molecule has 1 fully saturated rings. The van der Waals surface area contributed by atoms with Crippen LogP contribution in [-0.4, -0.2) is 35.5 Å². The van der Waals surface area contributed by atoms with Crippen molar-refractivity contribution in [3.63, 3.8) is 0 Å². The Labute approximate surface area is 174 Å². The van der Waals surface area contributed by atoms with Crippen molar-refractivity contribution >= 4 is 11.9 Å². The molecule has 2 unspecified atom stereocenters. The minimum atomic E-state index is -2.10. The van der Waals surface area contributed by atoms with Crippen LogP contribution in [0.25, 0.3) is 0 Å². The molecule has 1 heterocycles. The van der Waals surface area contributed by atoms with Gasteiger partial charge in [-0.1, -0.05) is 34.9 Å². The molecule has 0 amide bonds. The fourth-order valence-electron chi connectivity index (χ4n) is 2.96. The Balaban J connectivity index is 2.56. The topological polar surface area (TPSA) is 98.9 Å². The second kappa shape index (κ2) is 12.6. The van der Waals surface area contributed by atoms with Crippen LogP contribution in [0.15, 0.2) is 34.9 Å². The largest absolute Gasteiger partial charge is 0.479 e. The summed E-state index contributed by atoms with van der Waals surface area (Å²) in [6.07, 6.45) is 11.4. The van der Waals surface area contributed by atoms with Gasteiger partial charge in [0.05, 0.1) is 6.61 Å². The van der Waals surface area contributed by atoms with Crippen molar-refractivity contribution in [3.8, 4) is 0 Å². The molecule has 0 aliphatic carbocycles. The Morgan fingerprint density at radius 1 is 1.07 bits per heavy atom. The maximum Gasteiger partial charge on any atom is 0.340 e. The molecule has 0 spiro atoms. The Morgan fingerprint density at radius 3 is 2.24 bits per heavy atom. The van der Waals surface area contributed by atoms with Crippen LogP contribution in [-0.2, 0) is 19.1 Å². The van der Waals surface area contributed by atoms with Gasteiger partial charge in [0.15, 0.2) is 0 Å². The molecule has 164 valence electrons. The Bertz CT molecular complexity index is 640. The molecule has 0 aromatic heterocycles. The summed E-state index contributed by atoms with van der Waals surface area (Å²) in [7, 11) is 0. The molecule has 1 saturated heterocycles. The second-order valence-electron chi connectivity index (χ2n) is 8.14. The van der Waals surface area contributed by atoms with Gasteiger partial charge in [0.25, 0.3) is 0 Å². The zero-order valence-electron chi connectivity index (χ0n) is 18.3. The predicted octanol–water partition coefficient (Wildman–Crippen LogP) is 4.65. The second-order valence-corrected chi connectivity index (χ2v) is 8.14. The fraction of sp³-hybridized carbons (Fsp3) is 0.652. The van der Waals surface area contributed by atoms with E-state index in [9.17, 15) is 14.7 Å². The number of esters is 1. The summed E-state index contributed by atoms with van der Waals surface area (Å²) in [5.41, 5.74) is 7.48. The zero-order chi connectivity index (χ0) is 21.9. The number of carboxylic acids is 1. The third-order valence-electron chi connectivity index (χ3n) is 5.02. The van der Waals surface area contributed by atoms with E-state index in [-0.39, 0.29) is 6.42 Å². The highest BCUT2D eigenvalue weighted by atomic mass is 16.7. The lowest BCUT2D eigenvalue weighted by Crippen LogP contribution is -2.56. The predicted molar refractivity (Wildman–Crippen MR) is 114 cm³/mol. The summed E-state index contributed by atoms with van der Waals surface area (Å²) in [5.74, 6) is -2.34. The lowest BCUT2D eigenvalue weighted by atomic mass is 9.94. The number of carbonyl (C=O) groups is 2. The molecule has 6 nitrogen and oxygen atoms in total. The van der Waals surface area contributed by atoms with Gasteiger partial charge in [0.2, 0.25) is 11.8 Å². The van der Waals surface area contributed by atoms with Crippen molar-refractivity contribution in [1.82, 2.24) is 0 Å². The third kappa shape index (κ3) is 9.41. The summed E-state index contributed by atoms with van der Waals surface area (Å²) in [5, 5.41) is 9.51. The normalized spacial score (nSPS) is 20.0. The standard InChI is InChI=1S/C23H37NO5/c1-17(2)9-7-10-18(3)11-8-12-19(4)14-15-23(24,21(25)26)22(27)29-20-13-5-6-16-28-20/h9,11,14,20H,5-8,10,12-13,15-16,24H2,1-4H3,(H,25,26). The number of aliphatic carboxylic acids is 1. The van der Waals surface area contributed by atoms with Gasteiger partial charge >= 0.3 is 11.9 Å². The van der Waals surface area contributed by atoms with Crippen molar-refractivity contribution in [2.24, 2.45) is 5.73 Å². The van der Waals surface area contributed by atoms with Crippen LogP contribution in [0, 0.1) is 0 Å². The van der Waals surface area contributed by atoms with Crippen LogP contribution in [0.5, 0.6) is 0 Å².